The van der Waals surface area contributed by atoms with Gasteiger partial charge in [0, 0.05) is 35.8 Å². The summed E-state index contributed by atoms with van der Waals surface area (Å²) in [4.78, 5) is 18.4. The minimum atomic E-state index is -0.347. The zero-order valence-electron chi connectivity index (χ0n) is 20.1. The molecule has 36 heavy (non-hydrogen) atoms. The fourth-order valence-electron chi connectivity index (χ4n) is 4.27. The molecule has 0 aliphatic heterocycles. The van der Waals surface area contributed by atoms with Gasteiger partial charge < -0.3 is 15.5 Å². The molecular weight excluding hydrogens is 452 g/mol. The second-order valence-corrected chi connectivity index (χ2v) is 8.31. The van der Waals surface area contributed by atoms with E-state index in [1.165, 1.54) is 0 Å². The summed E-state index contributed by atoms with van der Waals surface area (Å²) in [6.07, 6.45) is 1.61. The largest absolute Gasteiger partial charge is 0.421 e. The molecule has 0 amide bonds. The third kappa shape index (κ3) is 4.07. The summed E-state index contributed by atoms with van der Waals surface area (Å²) in [7, 11) is 0. The van der Waals surface area contributed by atoms with Gasteiger partial charge in [-0.3, -0.25) is 9.36 Å². The molecule has 5 rings (SSSR count). The number of hydrogen-bond donors (Lipinski definition) is 2. The number of nitrogen functional groups attached to an aromatic ring is 1. The number of nitrogens with one attached hydrogen (secondary N) is 1. The van der Waals surface area contributed by atoms with Crippen LogP contribution in [0.5, 0.6) is 0 Å². The van der Waals surface area contributed by atoms with Gasteiger partial charge in [-0.25, -0.2) is 4.98 Å². The van der Waals surface area contributed by atoms with Crippen LogP contribution in [-0.4, -0.2) is 19.7 Å². The predicted octanol–water partition coefficient (Wildman–Crippen LogP) is 4.87. The van der Waals surface area contributed by atoms with Crippen LogP contribution in [0.2, 0.25) is 0 Å². The fourth-order valence-corrected chi connectivity index (χ4v) is 4.27. The highest BCUT2D eigenvalue weighted by molar-refractivity contribution is 5.88. The molecule has 0 aliphatic rings. The van der Waals surface area contributed by atoms with Crippen LogP contribution in [0.3, 0.4) is 0 Å². The van der Waals surface area contributed by atoms with E-state index in [-0.39, 0.29) is 17.5 Å². The van der Waals surface area contributed by atoms with Crippen LogP contribution >= 0.6 is 0 Å². The van der Waals surface area contributed by atoms with Gasteiger partial charge in [-0.15, -0.1) is 16.1 Å². The number of fused-ring (bicyclic) bond motifs is 1. The Balaban J connectivity index is 1.70. The van der Waals surface area contributed by atoms with Crippen LogP contribution in [0.1, 0.15) is 37.0 Å². The summed E-state index contributed by atoms with van der Waals surface area (Å²) in [6, 6.07) is 18.6. The quantitative estimate of drug-likeness (QED) is 0.348. The number of aryl methyl sites for hydroxylation is 1. The normalized spacial score (nSPS) is 11.6. The first-order valence-corrected chi connectivity index (χ1v) is 11.5. The van der Waals surface area contributed by atoms with Gasteiger partial charge in [-0.1, -0.05) is 36.3 Å². The first-order chi connectivity index (χ1) is 17.5. The van der Waals surface area contributed by atoms with Crippen molar-refractivity contribution in [2.45, 2.75) is 26.8 Å². The summed E-state index contributed by atoms with van der Waals surface area (Å²) >= 11 is 0. The van der Waals surface area contributed by atoms with E-state index in [0.29, 0.717) is 33.9 Å². The number of nitrogens with zero attached hydrogens (tertiary/aromatic N) is 4. The number of aromatic nitrogens is 4. The van der Waals surface area contributed by atoms with E-state index >= 15 is 0 Å². The van der Waals surface area contributed by atoms with Gasteiger partial charge in [0.05, 0.1) is 11.4 Å². The highest BCUT2D eigenvalue weighted by Gasteiger charge is 2.22. The lowest BCUT2D eigenvalue weighted by Gasteiger charge is -2.22. The van der Waals surface area contributed by atoms with Crippen LogP contribution in [0.4, 0.5) is 11.5 Å². The third-order valence-corrected chi connectivity index (χ3v) is 5.87. The number of para-hydroxylation sites is 1. The first kappa shape index (κ1) is 22.9. The molecule has 3 aromatic heterocycles. The summed E-state index contributed by atoms with van der Waals surface area (Å²) in [5.41, 5.74) is 9.28. The zero-order valence-corrected chi connectivity index (χ0v) is 20.1. The molecule has 2 aromatic carbocycles. The summed E-state index contributed by atoms with van der Waals surface area (Å²) in [6.45, 7) is 5.43. The Morgan fingerprint density at radius 3 is 2.61 bits per heavy atom. The molecule has 1 atom stereocenters. The summed E-state index contributed by atoms with van der Waals surface area (Å²) < 4.78 is 7.35. The second kappa shape index (κ2) is 9.39. The minimum Gasteiger partial charge on any atom is -0.421 e. The number of nitrogens with two attached hydrogens (primary N) is 1. The Morgan fingerprint density at radius 1 is 1.08 bits per heavy atom. The van der Waals surface area contributed by atoms with Crippen molar-refractivity contribution < 1.29 is 4.42 Å². The lowest BCUT2D eigenvalue weighted by molar-refractivity contribution is 0.533. The Bertz CT molecular complexity index is 1690. The molecule has 8 nitrogen and oxygen atoms in total. The van der Waals surface area contributed by atoms with Crippen molar-refractivity contribution >= 4 is 22.3 Å². The number of anilines is 2. The number of rotatable bonds is 5. The van der Waals surface area contributed by atoms with Crippen molar-refractivity contribution in [1.82, 2.24) is 19.7 Å². The average molecular weight is 477 g/mol. The van der Waals surface area contributed by atoms with Crippen LogP contribution in [-0.2, 0) is 0 Å². The van der Waals surface area contributed by atoms with Crippen molar-refractivity contribution in [1.29, 1.82) is 0 Å². The molecule has 3 N–H and O–H groups in total. The molecule has 0 spiro atoms. The molecule has 5 aromatic rings. The Hall–Kier alpha value is -4.90. The molecule has 0 bridgehead atoms. The van der Waals surface area contributed by atoms with Crippen molar-refractivity contribution in [3.05, 3.63) is 94.4 Å². The Labute approximate surface area is 207 Å². The van der Waals surface area contributed by atoms with E-state index in [1.54, 1.807) is 30.7 Å². The monoisotopic (exact) mass is 476 g/mol. The number of pyridine rings is 2. The first-order valence-electron chi connectivity index (χ1n) is 11.5. The van der Waals surface area contributed by atoms with Gasteiger partial charge in [0.2, 0.25) is 5.89 Å². The highest BCUT2D eigenvalue weighted by atomic mass is 16.4. The van der Waals surface area contributed by atoms with Gasteiger partial charge in [-0.2, -0.15) is 0 Å². The maximum Gasteiger partial charge on any atom is 0.264 e. The molecule has 0 saturated heterocycles. The van der Waals surface area contributed by atoms with Crippen molar-refractivity contribution in [2.75, 3.05) is 11.1 Å². The van der Waals surface area contributed by atoms with Gasteiger partial charge in [0.15, 0.2) is 0 Å². The molecule has 0 aliphatic carbocycles. The molecule has 8 heteroatoms. The molecular formula is C28H24N6O2. The number of hydrogen-bond acceptors (Lipinski definition) is 7. The van der Waals surface area contributed by atoms with Gasteiger partial charge >= 0.3 is 0 Å². The van der Waals surface area contributed by atoms with Gasteiger partial charge in [0.25, 0.3) is 11.4 Å². The SMILES string of the molecule is CC#Cc1cccc2cc([C@H](C)Nc3nccc(N)c3-c3nnc(C)o3)n(-c3ccccc3)c(=O)c12. The molecule has 0 fully saturated rings. The van der Waals surface area contributed by atoms with Gasteiger partial charge in [-0.05, 0) is 49.6 Å². The number of benzene rings is 2. The maximum absolute atomic E-state index is 13.9. The van der Waals surface area contributed by atoms with Crippen LogP contribution in [0.15, 0.2) is 76.1 Å². The van der Waals surface area contributed by atoms with Crippen LogP contribution < -0.4 is 16.6 Å². The topological polar surface area (TPSA) is 112 Å². The minimum absolute atomic E-state index is 0.144. The van der Waals surface area contributed by atoms with E-state index in [2.05, 4.69) is 32.3 Å². The second-order valence-electron chi connectivity index (χ2n) is 8.31. The standard InChI is InChI=1S/C28H24N6O2/c1-4-9-19-10-8-11-20-16-23(34(28(35)24(19)20)21-12-6-5-7-13-21)17(2)31-26-25(22(29)14-15-30-26)27-33-32-18(3)36-27/h5-8,10-17H,1-3H3,(H3,29,30,31)/t17-/m0/s1. The van der Waals surface area contributed by atoms with Crippen molar-refractivity contribution in [2.24, 2.45) is 0 Å². The maximum atomic E-state index is 13.9. The Kier molecular flexibility index (Phi) is 5.97. The third-order valence-electron chi connectivity index (χ3n) is 5.87. The predicted molar refractivity (Wildman–Crippen MR) is 141 cm³/mol. The molecule has 0 unspecified atom stereocenters. The highest BCUT2D eigenvalue weighted by Crippen LogP contribution is 2.33. The Morgan fingerprint density at radius 2 is 1.89 bits per heavy atom. The lowest BCUT2D eigenvalue weighted by atomic mass is 10.0. The van der Waals surface area contributed by atoms with Crippen molar-refractivity contribution in [3.63, 3.8) is 0 Å². The van der Waals surface area contributed by atoms with E-state index < -0.39 is 0 Å². The summed E-state index contributed by atoms with van der Waals surface area (Å²) in [5.74, 6) is 7.15. The molecule has 3 heterocycles. The lowest BCUT2D eigenvalue weighted by Crippen LogP contribution is -2.26. The summed E-state index contributed by atoms with van der Waals surface area (Å²) in [5, 5.41) is 12.8. The smallest absolute Gasteiger partial charge is 0.264 e. The van der Waals surface area contributed by atoms with Gasteiger partial charge in [0.1, 0.15) is 11.4 Å². The van der Waals surface area contributed by atoms with E-state index in [0.717, 1.165) is 16.8 Å². The molecule has 0 saturated carbocycles. The van der Waals surface area contributed by atoms with Crippen LogP contribution in [0.25, 0.3) is 27.9 Å². The average Bonchev–Trinajstić information content (AvgIpc) is 3.30. The molecule has 0 radical (unpaired) electrons. The zero-order chi connectivity index (χ0) is 25.2. The van der Waals surface area contributed by atoms with E-state index in [1.807, 2.05) is 61.5 Å². The van der Waals surface area contributed by atoms with Crippen molar-refractivity contribution in [3.8, 4) is 29.0 Å². The van der Waals surface area contributed by atoms with E-state index in [4.69, 9.17) is 10.2 Å². The fraction of sp³-hybridized carbons (Fsp3) is 0.143. The molecule has 178 valence electrons. The van der Waals surface area contributed by atoms with E-state index in [9.17, 15) is 4.79 Å². The van der Waals surface area contributed by atoms with Crippen LogP contribution in [0, 0.1) is 18.8 Å².